The third-order valence-electron chi connectivity index (χ3n) is 10.4. The van der Waals surface area contributed by atoms with Crippen molar-refractivity contribution in [2.45, 2.75) is 38.5 Å². The average Bonchev–Trinajstić information content (AvgIpc) is 3.41. The molecule has 2 unspecified atom stereocenters. The minimum atomic E-state index is -0.0103. The molecule has 2 atom stereocenters. The van der Waals surface area contributed by atoms with Crippen LogP contribution in [0.15, 0.2) is 91.3 Å². The molecule has 0 aliphatic heterocycles. The molecule has 6 nitrogen and oxygen atoms in total. The van der Waals surface area contributed by atoms with Crippen molar-refractivity contribution in [2.75, 3.05) is 0 Å². The van der Waals surface area contributed by atoms with Crippen LogP contribution in [0.25, 0.3) is 54.7 Å². The minimum Gasteiger partial charge on any atom is -0.361 e. The molecule has 1 aliphatic carbocycles. The van der Waals surface area contributed by atoms with Gasteiger partial charge in [-0.2, -0.15) is 0 Å². The van der Waals surface area contributed by atoms with Gasteiger partial charge in [0.15, 0.2) is 12.6 Å². The zero-order chi connectivity index (χ0) is 31.8. The Balaban J connectivity index is 1.09. The highest BCUT2D eigenvalue weighted by Crippen LogP contribution is 2.49. The lowest BCUT2D eigenvalue weighted by Gasteiger charge is -2.16. The van der Waals surface area contributed by atoms with Gasteiger partial charge in [-0.25, -0.2) is 0 Å². The second-order valence-electron chi connectivity index (χ2n) is 13.3. The van der Waals surface area contributed by atoms with E-state index in [0.717, 1.165) is 108 Å². The number of carbonyl (C=O) groups is 2. The molecule has 230 valence electrons. The van der Waals surface area contributed by atoms with Crippen LogP contribution < -0.4 is 0 Å². The highest BCUT2D eigenvalue weighted by atomic mass is 16.1. The molecule has 0 amide bonds. The van der Waals surface area contributed by atoms with Crippen molar-refractivity contribution in [3.05, 3.63) is 130 Å². The summed E-state index contributed by atoms with van der Waals surface area (Å²) >= 11 is 0. The molecule has 0 spiro atoms. The zero-order valence-electron chi connectivity index (χ0n) is 26.3. The van der Waals surface area contributed by atoms with Crippen molar-refractivity contribution >= 4 is 56.2 Å². The third-order valence-corrected chi connectivity index (χ3v) is 10.4. The smallest absolute Gasteiger partial charge is 0.152 e. The van der Waals surface area contributed by atoms with Crippen molar-refractivity contribution < 1.29 is 9.59 Å². The van der Waals surface area contributed by atoms with Crippen LogP contribution in [0.4, 0.5) is 0 Å². The molecule has 4 N–H and O–H groups in total. The van der Waals surface area contributed by atoms with E-state index >= 15 is 0 Å². The Bertz CT molecular complexity index is 2520. The largest absolute Gasteiger partial charge is 0.361 e. The zero-order valence-corrected chi connectivity index (χ0v) is 26.3. The summed E-state index contributed by atoms with van der Waals surface area (Å²) in [7, 11) is 0. The Labute approximate surface area is 271 Å². The highest BCUT2D eigenvalue weighted by Gasteiger charge is 2.37. The van der Waals surface area contributed by atoms with Gasteiger partial charge >= 0.3 is 0 Å². The lowest BCUT2D eigenvalue weighted by atomic mass is 9.88. The lowest BCUT2D eigenvalue weighted by Crippen LogP contribution is -2.06. The first-order chi connectivity index (χ1) is 23.0. The van der Waals surface area contributed by atoms with Gasteiger partial charge in [-0.1, -0.05) is 55.0 Å². The summed E-state index contributed by atoms with van der Waals surface area (Å²) in [6.45, 7) is 4.19. The maximum Gasteiger partial charge on any atom is 0.152 e. The molecule has 1 aliphatic rings. The lowest BCUT2D eigenvalue weighted by molar-refractivity contribution is 0.111. The van der Waals surface area contributed by atoms with E-state index in [4.69, 9.17) is 0 Å². The standard InChI is InChI=1S/C41H34N4O2/c1-22-7-13-36-29(15-22)33(20-46)40(44-36)23(2)31-18-43-38-17-26(10-12-28(31)38)25-11-14-37-30(16-25)34(21-47)41(45-37)39(24-8-9-24)32-19-42-35-6-4-3-5-27(32)35/h3-7,10-21,23-24,39,42-45H,8-9H2,1-2H3. The molecule has 47 heavy (non-hydrogen) atoms. The predicted octanol–water partition coefficient (Wildman–Crippen LogP) is 9.91. The van der Waals surface area contributed by atoms with Crippen LogP contribution in [0, 0.1) is 12.8 Å². The number of hydrogen-bond acceptors (Lipinski definition) is 2. The van der Waals surface area contributed by atoms with Crippen molar-refractivity contribution in [3.63, 3.8) is 0 Å². The van der Waals surface area contributed by atoms with E-state index in [-0.39, 0.29) is 11.8 Å². The van der Waals surface area contributed by atoms with Gasteiger partial charge in [0.1, 0.15) is 0 Å². The number of aryl methyl sites for hydroxylation is 1. The SMILES string of the molecule is Cc1ccc2[nH]c(C(C)c3c[nH]c4cc(-c5ccc6[nH]c(C(c7c[nH]c8ccccc78)C7CC7)c(C=O)c6c5)ccc34)c(C=O)c2c1. The number of para-hydroxylation sites is 1. The Morgan fingerprint density at radius 1 is 0.638 bits per heavy atom. The molecule has 0 saturated heterocycles. The van der Waals surface area contributed by atoms with Gasteiger partial charge in [0.2, 0.25) is 0 Å². The summed E-state index contributed by atoms with van der Waals surface area (Å²) in [4.78, 5) is 39.1. The first-order valence-electron chi connectivity index (χ1n) is 16.4. The van der Waals surface area contributed by atoms with Crippen LogP contribution in [-0.4, -0.2) is 32.5 Å². The van der Waals surface area contributed by atoms with Gasteiger partial charge in [-0.05, 0) is 84.3 Å². The average molecular weight is 615 g/mol. The fourth-order valence-electron chi connectivity index (χ4n) is 7.87. The van der Waals surface area contributed by atoms with Gasteiger partial charge in [0, 0.05) is 90.4 Å². The quantitative estimate of drug-likeness (QED) is 0.128. The molecule has 9 rings (SSSR count). The second-order valence-corrected chi connectivity index (χ2v) is 13.3. The van der Waals surface area contributed by atoms with Gasteiger partial charge in [0.25, 0.3) is 0 Å². The maximum atomic E-state index is 12.8. The molecule has 1 fully saturated rings. The Kier molecular flexibility index (Phi) is 6.16. The number of rotatable bonds is 8. The number of hydrogen-bond donors (Lipinski definition) is 4. The monoisotopic (exact) mass is 614 g/mol. The minimum absolute atomic E-state index is 0.0103. The van der Waals surface area contributed by atoms with Gasteiger partial charge in [-0.3, -0.25) is 9.59 Å². The highest BCUT2D eigenvalue weighted by molar-refractivity contribution is 6.02. The van der Waals surface area contributed by atoms with Crippen molar-refractivity contribution in [2.24, 2.45) is 5.92 Å². The summed E-state index contributed by atoms with van der Waals surface area (Å²) in [5, 5.41) is 4.26. The van der Waals surface area contributed by atoms with Crippen LogP contribution in [0.3, 0.4) is 0 Å². The molecule has 0 radical (unpaired) electrons. The van der Waals surface area contributed by atoms with Crippen LogP contribution >= 0.6 is 0 Å². The molecular formula is C41H34N4O2. The van der Waals surface area contributed by atoms with Crippen LogP contribution in [-0.2, 0) is 0 Å². The summed E-state index contributed by atoms with van der Waals surface area (Å²) in [5.74, 6) is 0.645. The van der Waals surface area contributed by atoms with E-state index in [9.17, 15) is 9.59 Å². The normalized spacial score (nSPS) is 14.8. The second kappa shape index (κ2) is 10.5. The molecular weight excluding hydrogens is 580 g/mol. The first-order valence-corrected chi connectivity index (χ1v) is 16.4. The molecule has 4 heterocycles. The Hall–Kier alpha value is -5.62. The van der Waals surface area contributed by atoms with Crippen molar-refractivity contribution in [3.8, 4) is 11.1 Å². The fraction of sp³-hybridized carbons (Fsp3) is 0.171. The number of nitrogens with one attached hydrogen (secondary N) is 4. The van der Waals surface area contributed by atoms with Gasteiger partial charge in [0.05, 0.1) is 0 Å². The molecule has 1 saturated carbocycles. The third kappa shape index (κ3) is 4.32. The van der Waals surface area contributed by atoms with E-state index in [2.05, 4.69) is 112 Å². The molecule has 0 bridgehead atoms. The first kappa shape index (κ1) is 27.7. The summed E-state index contributed by atoms with van der Waals surface area (Å²) in [6, 6.07) is 27.5. The molecule has 4 aromatic heterocycles. The Morgan fingerprint density at radius 3 is 2.09 bits per heavy atom. The predicted molar refractivity (Wildman–Crippen MR) is 190 cm³/mol. The molecule has 4 aromatic carbocycles. The van der Waals surface area contributed by atoms with Crippen LogP contribution in [0.2, 0.25) is 0 Å². The van der Waals surface area contributed by atoms with E-state index in [0.29, 0.717) is 5.92 Å². The molecule has 8 aromatic rings. The van der Waals surface area contributed by atoms with Crippen molar-refractivity contribution in [1.29, 1.82) is 0 Å². The number of aromatic nitrogens is 4. The molecule has 6 heteroatoms. The number of carbonyl (C=O) groups excluding carboxylic acids is 2. The van der Waals surface area contributed by atoms with Crippen molar-refractivity contribution in [1.82, 2.24) is 19.9 Å². The summed E-state index contributed by atoms with van der Waals surface area (Å²) in [6.07, 6.45) is 8.51. The topological polar surface area (TPSA) is 97.3 Å². The van der Waals surface area contributed by atoms with Crippen LogP contribution in [0.1, 0.15) is 80.4 Å². The van der Waals surface area contributed by atoms with E-state index in [1.54, 1.807) is 0 Å². The van der Waals surface area contributed by atoms with E-state index < -0.39 is 0 Å². The van der Waals surface area contributed by atoms with Gasteiger partial charge in [-0.15, -0.1) is 0 Å². The number of fused-ring (bicyclic) bond motifs is 4. The van der Waals surface area contributed by atoms with Crippen LogP contribution in [0.5, 0.6) is 0 Å². The number of aromatic amines is 4. The van der Waals surface area contributed by atoms with E-state index in [1.807, 2.05) is 13.0 Å². The Morgan fingerprint density at radius 2 is 1.28 bits per heavy atom. The van der Waals surface area contributed by atoms with E-state index in [1.165, 1.54) is 10.9 Å². The number of aldehydes is 2. The van der Waals surface area contributed by atoms with Gasteiger partial charge < -0.3 is 19.9 Å². The maximum absolute atomic E-state index is 12.8. The fourth-order valence-corrected chi connectivity index (χ4v) is 7.87. The number of H-pyrrole nitrogens is 4. The summed E-state index contributed by atoms with van der Waals surface area (Å²) < 4.78 is 0. The summed E-state index contributed by atoms with van der Waals surface area (Å²) in [5.41, 5.74) is 13.2. The number of benzene rings is 4.